The first-order valence-corrected chi connectivity index (χ1v) is 8.04. The average molecular weight is 265 g/mol. The van der Waals surface area contributed by atoms with Crippen LogP contribution >= 0.6 is 11.3 Å². The summed E-state index contributed by atoms with van der Waals surface area (Å²) in [6.45, 7) is 10.4. The Balaban J connectivity index is 1.89. The summed E-state index contributed by atoms with van der Waals surface area (Å²) in [5, 5.41) is 5.91. The first-order valence-electron chi connectivity index (χ1n) is 7.16. The first kappa shape index (κ1) is 14.1. The van der Waals surface area contributed by atoms with Gasteiger partial charge in [0.1, 0.15) is 0 Å². The molecule has 0 amide bonds. The zero-order chi connectivity index (χ0) is 13.2. The highest BCUT2D eigenvalue weighted by Gasteiger charge is 2.41. The Morgan fingerprint density at radius 2 is 2.00 bits per heavy atom. The summed E-state index contributed by atoms with van der Waals surface area (Å²) < 4.78 is 0. The Labute approximate surface area is 116 Å². The molecule has 2 heteroatoms. The Morgan fingerprint density at radius 1 is 1.28 bits per heavy atom. The Kier molecular flexibility index (Phi) is 4.18. The number of thiophene rings is 1. The van der Waals surface area contributed by atoms with Gasteiger partial charge in [-0.25, -0.2) is 0 Å². The van der Waals surface area contributed by atoms with E-state index in [1.807, 2.05) is 11.3 Å². The van der Waals surface area contributed by atoms with Gasteiger partial charge in [-0.2, -0.15) is 0 Å². The summed E-state index contributed by atoms with van der Waals surface area (Å²) in [4.78, 5) is 1.54. The van der Waals surface area contributed by atoms with Crippen LogP contribution in [-0.2, 0) is 6.42 Å². The lowest BCUT2D eigenvalue weighted by atomic mass is 9.79. The quantitative estimate of drug-likeness (QED) is 0.799. The van der Waals surface area contributed by atoms with Crippen LogP contribution in [0.4, 0.5) is 0 Å². The van der Waals surface area contributed by atoms with E-state index in [0.29, 0.717) is 5.41 Å². The van der Waals surface area contributed by atoms with Crippen LogP contribution in [0.25, 0.3) is 0 Å². The topological polar surface area (TPSA) is 12.0 Å². The van der Waals surface area contributed by atoms with Crippen LogP contribution in [0.3, 0.4) is 0 Å². The third kappa shape index (κ3) is 4.10. The van der Waals surface area contributed by atoms with E-state index in [4.69, 9.17) is 0 Å². The minimum absolute atomic E-state index is 0.235. The van der Waals surface area contributed by atoms with E-state index in [9.17, 15) is 0 Å². The van der Waals surface area contributed by atoms with Gasteiger partial charge in [0.05, 0.1) is 0 Å². The molecule has 1 heterocycles. The van der Waals surface area contributed by atoms with Crippen molar-refractivity contribution in [2.24, 2.45) is 11.3 Å². The molecule has 0 bridgehead atoms. The molecular formula is C16H27NS. The largest absolute Gasteiger partial charge is 0.312 e. The van der Waals surface area contributed by atoms with Gasteiger partial charge >= 0.3 is 0 Å². The molecule has 1 unspecified atom stereocenters. The van der Waals surface area contributed by atoms with Gasteiger partial charge in [0, 0.05) is 17.0 Å². The van der Waals surface area contributed by atoms with Gasteiger partial charge in [0.25, 0.3) is 0 Å². The van der Waals surface area contributed by atoms with Gasteiger partial charge in [-0.15, -0.1) is 11.3 Å². The molecule has 1 atom stereocenters. The molecule has 102 valence electrons. The third-order valence-electron chi connectivity index (χ3n) is 4.11. The molecule has 2 rings (SSSR count). The number of hydrogen-bond donors (Lipinski definition) is 1. The fourth-order valence-electron chi connectivity index (χ4n) is 2.55. The SMILES string of the molecule is CC(C)(C)NCC(C)(CCc1cccs1)C1CC1. The highest BCUT2D eigenvalue weighted by molar-refractivity contribution is 7.09. The third-order valence-corrected chi connectivity index (χ3v) is 5.04. The van der Waals surface area contributed by atoms with Crippen molar-refractivity contribution < 1.29 is 0 Å². The van der Waals surface area contributed by atoms with Gasteiger partial charge in [0.15, 0.2) is 0 Å². The fraction of sp³-hybridized carbons (Fsp3) is 0.750. The number of aryl methyl sites for hydroxylation is 1. The van der Waals surface area contributed by atoms with E-state index in [1.54, 1.807) is 0 Å². The van der Waals surface area contributed by atoms with Crippen molar-refractivity contribution in [2.45, 2.75) is 58.9 Å². The monoisotopic (exact) mass is 265 g/mol. The summed E-state index contributed by atoms with van der Waals surface area (Å²) >= 11 is 1.90. The number of hydrogen-bond acceptors (Lipinski definition) is 2. The second-order valence-electron chi connectivity index (χ2n) is 7.11. The highest BCUT2D eigenvalue weighted by atomic mass is 32.1. The second kappa shape index (κ2) is 5.34. The number of rotatable bonds is 6. The van der Waals surface area contributed by atoms with Crippen molar-refractivity contribution >= 4 is 11.3 Å². The van der Waals surface area contributed by atoms with Crippen molar-refractivity contribution in [1.82, 2.24) is 5.32 Å². The van der Waals surface area contributed by atoms with E-state index in [0.717, 1.165) is 12.5 Å². The fourth-order valence-corrected chi connectivity index (χ4v) is 3.26. The Morgan fingerprint density at radius 3 is 2.50 bits per heavy atom. The zero-order valence-corrected chi connectivity index (χ0v) is 13.1. The molecule has 1 aliphatic carbocycles. The summed E-state index contributed by atoms with van der Waals surface area (Å²) in [5.74, 6) is 0.951. The van der Waals surface area contributed by atoms with Gasteiger partial charge in [0.2, 0.25) is 0 Å². The average Bonchev–Trinajstić information content (AvgIpc) is 3.02. The molecule has 0 aliphatic heterocycles. The van der Waals surface area contributed by atoms with E-state index in [-0.39, 0.29) is 5.54 Å². The van der Waals surface area contributed by atoms with E-state index in [1.165, 1.54) is 30.6 Å². The van der Waals surface area contributed by atoms with Gasteiger partial charge < -0.3 is 5.32 Å². The lowest BCUT2D eigenvalue weighted by Crippen LogP contribution is -2.44. The van der Waals surface area contributed by atoms with Crippen LogP contribution in [0, 0.1) is 11.3 Å². The summed E-state index contributed by atoms with van der Waals surface area (Å²) in [5.41, 5.74) is 0.719. The maximum atomic E-state index is 3.72. The second-order valence-corrected chi connectivity index (χ2v) is 8.14. The molecule has 0 radical (unpaired) electrons. The molecule has 1 aromatic heterocycles. The molecule has 1 N–H and O–H groups in total. The van der Waals surface area contributed by atoms with Gasteiger partial charge in [-0.3, -0.25) is 0 Å². The van der Waals surface area contributed by atoms with Crippen molar-refractivity contribution in [2.75, 3.05) is 6.54 Å². The van der Waals surface area contributed by atoms with Crippen LogP contribution in [0.15, 0.2) is 17.5 Å². The molecule has 1 aliphatic rings. The lowest BCUT2D eigenvalue weighted by molar-refractivity contribution is 0.213. The van der Waals surface area contributed by atoms with Crippen LogP contribution < -0.4 is 5.32 Å². The van der Waals surface area contributed by atoms with Crippen molar-refractivity contribution in [3.8, 4) is 0 Å². The predicted octanol–water partition coefficient (Wildman–Crippen LogP) is 4.49. The summed E-state index contributed by atoms with van der Waals surface area (Å²) in [6.07, 6.45) is 5.44. The van der Waals surface area contributed by atoms with E-state index < -0.39 is 0 Å². The molecule has 1 saturated carbocycles. The molecule has 0 saturated heterocycles. The predicted molar refractivity (Wildman–Crippen MR) is 81.2 cm³/mol. The minimum atomic E-state index is 0.235. The lowest BCUT2D eigenvalue weighted by Gasteiger charge is -2.34. The summed E-state index contributed by atoms with van der Waals surface area (Å²) in [7, 11) is 0. The van der Waals surface area contributed by atoms with Crippen LogP contribution in [0.1, 0.15) is 51.8 Å². The molecule has 1 aromatic rings. The molecule has 1 fully saturated rings. The molecule has 18 heavy (non-hydrogen) atoms. The normalized spacial score (nSPS) is 19.8. The van der Waals surface area contributed by atoms with Crippen molar-refractivity contribution in [1.29, 1.82) is 0 Å². The van der Waals surface area contributed by atoms with Crippen LogP contribution in [-0.4, -0.2) is 12.1 Å². The standard InChI is InChI=1S/C16H27NS/c1-15(2,3)17-12-16(4,13-7-8-13)10-9-14-6-5-11-18-14/h5-6,11,13,17H,7-10,12H2,1-4H3. The van der Waals surface area contributed by atoms with E-state index >= 15 is 0 Å². The van der Waals surface area contributed by atoms with Crippen molar-refractivity contribution in [3.05, 3.63) is 22.4 Å². The molecule has 0 spiro atoms. The smallest absolute Gasteiger partial charge is 0.00967 e. The first-order chi connectivity index (χ1) is 8.39. The van der Waals surface area contributed by atoms with Crippen molar-refractivity contribution in [3.63, 3.8) is 0 Å². The highest BCUT2D eigenvalue weighted by Crippen LogP contribution is 2.48. The Bertz CT molecular complexity index is 359. The number of nitrogens with one attached hydrogen (secondary N) is 1. The zero-order valence-electron chi connectivity index (χ0n) is 12.3. The van der Waals surface area contributed by atoms with Gasteiger partial charge in [-0.1, -0.05) is 13.0 Å². The maximum absolute atomic E-state index is 3.72. The molecule has 0 aromatic carbocycles. The minimum Gasteiger partial charge on any atom is -0.312 e. The van der Waals surface area contributed by atoms with Crippen LogP contribution in [0.5, 0.6) is 0 Å². The van der Waals surface area contributed by atoms with E-state index in [2.05, 4.69) is 50.5 Å². The molecular weight excluding hydrogens is 238 g/mol. The Hall–Kier alpha value is -0.340. The van der Waals surface area contributed by atoms with Crippen LogP contribution in [0.2, 0.25) is 0 Å². The summed E-state index contributed by atoms with van der Waals surface area (Å²) in [6, 6.07) is 4.44. The maximum Gasteiger partial charge on any atom is 0.00967 e. The van der Waals surface area contributed by atoms with Gasteiger partial charge in [-0.05, 0) is 69.2 Å². The molecule has 1 nitrogen and oxygen atoms in total.